The number of β-lactam (4-membered cyclic amide) rings is 1. The van der Waals surface area contributed by atoms with Crippen molar-refractivity contribution in [3.63, 3.8) is 0 Å². The summed E-state index contributed by atoms with van der Waals surface area (Å²) in [6.07, 6.45) is -1.53. The van der Waals surface area contributed by atoms with E-state index in [-0.39, 0.29) is 65.0 Å². The number of H-pyrrole nitrogens is 1. The summed E-state index contributed by atoms with van der Waals surface area (Å²) in [7, 11) is 0. The largest absolute Gasteiger partial charge is 0.477 e. The number of thiophene rings is 1. The number of aromatic nitrogens is 2. The number of nitrogens with one attached hydrogen (secondary N) is 3. The maximum Gasteiger partial charge on any atom is 0.415 e. The summed E-state index contributed by atoms with van der Waals surface area (Å²) in [4.78, 5) is 87.1. The Bertz CT molecular complexity index is 2230. The fourth-order valence-corrected chi connectivity index (χ4v) is 8.30. The van der Waals surface area contributed by atoms with Crippen molar-refractivity contribution in [3.05, 3.63) is 90.5 Å². The molecule has 0 aliphatic carbocycles. The molecule has 4 heterocycles. The van der Waals surface area contributed by atoms with Gasteiger partial charge >= 0.3 is 18.2 Å². The van der Waals surface area contributed by atoms with Crippen molar-refractivity contribution in [3.8, 4) is 17.1 Å². The number of ether oxygens (including phenoxy) is 2. The zero-order chi connectivity index (χ0) is 38.7. The first kappa shape index (κ1) is 38.6. The van der Waals surface area contributed by atoms with E-state index in [0.29, 0.717) is 15.6 Å². The molecule has 0 saturated carbocycles. The molecule has 1 fully saturated rings. The van der Waals surface area contributed by atoms with Crippen LogP contribution in [0.15, 0.2) is 70.0 Å². The fraction of sp³-hybridized carbons (Fsp3) is 0.286. The molecule has 4 N–H and O–H groups in total. The van der Waals surface area contributed by atoms with Crippen LogP contribution in [0, 0.1) is 0 Å². The van der Waals surface area contributed by atoms with E-state index < -0.39 is 53.7 Å². The van der Waals surface area contributed by atoms with E-state index in [1.807, 2.05) is 17.5 Å². The van der Waals surface area contributed by atoms with E-state index in [9.17, 15) is 33.9 Å². The predicted molar refractivity (Wildman–Crippen MR) is 203 cm³/mol. The maximum absolute atomic E-state index is 13.4. The van der Waals surface area contributed by atoms with Crippen molar-refractivity contribution in [2.75, 3.05) is 25.4 Å². The van der Waals surface area contributed by atoms with Gasteiger partial charge in [-0.25, -0.2) is 19.4 Å². The van der Waals surface area contributed by atoms with Crippen molar-refractivity contribution < 1.29 is 38.6 Å². The lowest BCUT2D eigenvalue weighted by molar-refractivity contribution is -0.150. The molecule has 0 radical (unpaired) electrons. The molecule has 282 valence electrons. The fourth-order valence-electron chi connectivity index (χ4n) is 5.92. The zero-order valence-electron chi connectivity index (χ0n) is 28.6. The quantitative estimate of drug-likeness (QED) is 0.142. The summed E-state index contributed by atoms with van der Waals surface area (Å²) in [6.45, 7) is 3.12. The number of carboxylic acids is 1. The van der Waals surface area contributed by atoms with Crippen molar-refractivity contribution in [2.45, 2.75) is 37.7 Å². The lowest BCUT2D eigenvalue weighted by Gasteiger charge is -2.49. The number of amides is 4. The third-order valence-electron chi connectivity index (χ3n) is 8.57. The number of fused-ring (bicyclic) bond motifs is 2. The number of carbonyl (C=O) groups is 5. The van der Waals surface area contributed by atoms with Gasteiger partial charge in [0.05, 0.1) is 22.9 Å². The second-order valence-electron chi connectivity index (χ2n) is 12.1. The molecule has 3 unspecified atom stereocenters. The summed E-state index contributed by atoms with van der Waals surface area (Å²) in [5.74, 6) is -1.94. The van der Waals surface area contributed by atoms with Gasteiger partial charge in [0, 0.05) is 45.4 Å². The number of alkyl carbamates (subject to hydrolysis) is 1. The standard InChI is InChI=1S/C35H32Cl2N6O9S2/c1-3-42(35(50)52-25-9-7-20(37)12-23(25)29-39-24-8-6-19(36)11-22(24)30(45)41-29)17(2)14-38-34(49)51-15-18-16-54-32-27(31(46)43(32)28(18)33(47)48)40-26(44)13-21-5-4-10-53-21/h4-12,17,27,32H,3,13-16H2,1-2H3,(H,38,49)(H,40,44)(H,47,48)(H,39,41,45). The second-order valence-corrected chi connectivity index (χ2v) is 15.2. The number of benzene rings is 2. The number of carbonyl (C=O) groups excluding carboxylic acids is 4. The summed E-state index contributed by atoms with van der Waals surface area (Å²) in [5.41, 5.74) is 0.0985. The molecule has 4 aromatic rings. The Balaban J connectivity index is 1.05. The number of carboxylic acid groups (broad SMARTS) is 1. The molecule has 4 amide bonds. The van der Waals surface area contributed by atoms with Crippen LogP contribution in [-0.4, -0.2) is 97.8 Å². The van der Waals surface area contributed by atoms with Crippen LogP contribution in [0.5, 0.6) is 5.75 Å². The smallest absolute Gasteiger partial charge is 0.415 e. The third-order valence-corrected chi connectivity index (χ3v) is 11.3. The average Bonchev–Trinajstić information content (AvgIpc) is 3.65. The van der Waals surface area contributed by atoms with Crippen molar-refractivity contribution >= 4 is 87.2 Å². The van der Waals surface area contributed by atoms with Crippen LogP contribution in [0.2, 0.25) is 10.0 Å². The van der Waals surface area contributed by atoms with Crippen molar-refractivity contribution in [1.82, 2.24) is 30.4 Å². The number of rotatable bonds is 12. The van der Waals surface area contributed by atoms with Gasteiger partial charge in [0.1, 0.15) is 35.3 Å². The third kappa shape index (κ3) is 8.33. The first-order valence-corrected chi connectivity index (χ1v) is 19.1. The Labute approximate surface area is 325 Å². The average molecular weight is 816 g/mol. The lowest BCUT2D eigenvalue weighted by atomic mass is 10.0. The number of aromatic amines is 1. The van der Waals surface area contributed by atoms with E-state index in [0.717, 1.165) is 9.78 Å². The van der Waals surface area contributed by atoms with Gasteiger partial charge in [-0.15, -0.1) is 23.1 Å². The lowest BCUT2D eigenvalue weighted by Crippen LogP contribution is -2.70. The summed E-state index contributed by atoms with van der Waals surface area (Å²) < 4.78 is 11.1. The number of nitrogens with zero attached hydrogens (tertiary/aromatic N) is 3. The molecule has 2 aromatic carbocycles. The maximum atomic E-state index is 13.4. The van der Waals surface area contributed by atoms with E-state index in [1.54, 1.807) is 26.0 Å². The highest BCUT2D eigenvalue weighted by Gasteiger charge is 2.54. The SMILES string of the molecule is CCN(C(=O)Oc1ccc(Cl)cc1-c1nc2ccc(Cl)cc2c(=O)[nH]1)C(C)CNC(=O)OCC1=C(C(=O)O)N2C(=O)C(NC(=O)Cc3cccs3)C2SC1. The van der Waals surface area contributed by atoms with Gasteiger partial charge in [0.25, 0.3) is 11.5 Å². The van der Waals surface area contributed by atoms with E-state index >= 15 is 0 Å². The van der Waals surface area contributed by atoms with Gasteiger partial charge in [-0.2, -0.15) is 0 Å². The van der Waals surface area contributed by atoms with Crippen LogP contribution in [0.25, 0.3) is 22.3 Å². The highest BCUT2D eigenvalue weighted by molar-refractivity contribution is 8.00. The van der Waals surface area contributed by atoms with Crippen LogP contribution >= 0.6 is 46.3 Å². The molecule has 2 aromatic heterocycles. The number of aliphatic carboxylic acids is 1. The van der Waals surface area contributed by atoms with Gasteiger partial charge < -0.3 is 35.1 Å². The topological polar surface area (TPSA) is 200 Å². The van der Waals surface area contributed by atoms with Crippen LogP contribution in [-0.2, 0) is 25.5 Å². The first-order chi connectivity index (χ1) is 25.8. The Morgan fingerprint density at radius 1 is 1.13 bits per heavy atom. The molecule has 1 saturated heterocycles. The summed E-state index contributed by atoms with van der Waals surface area (Å²) in [6, 6.07) is 11.3. The number of likely N-dealkylation sites (N-methyl/N-ethyl adjacent to an activating group) is 1. The van der Waals surface area contributed by atoms with E-state index in [2.05, 4.69) is 20.6 Å². The highest BCUT2D eigenvalue weighted by atomic mass is 35.5. The monoisotopic (exact) mass is 814 g/mol. The number of halogens is 2. The van der Waals surface area contributed by atoms with Gasteiger partial charge in [0.2, 0.25) is 5.91 Å². The Hall–Kier alpha value is -5.10. The Morgan fingerprint density at radius 3 is 2.61 bits per heavy atom. The molecule has 19 heteroatoms. The molecular formula is C35H32Cl2N6O9S2. The van der Waals surface area contributed by atoms with Crippen LogP contribution in [0.3, 0.4) is 0 Å². The van der Waals surface area contributed by atoms with Gasteiger partial charge in [-0.1, -0.05) is 29.3 Å². The van der Waals surface area contributed by atoms with Crippen molar-refractivity contribution in [2.24, 2.45) is 0 Å². The molecule has 3 atom stereocenters. The number of hydrogen-bond acceptors (Lipinski definition) is 11. The molecule has 54 heavy (non-hydrogen) atoms. The zero-order valence-corrected chi connectivity index (χ0v) is 31.7. The minimum atomic E-state index is -1.36. The van der Waals surface area contributed by atoms with Gasteiger partial charge in [-0.3, -0.25) is 19.3 Å². The predicted octanol–water partition coefficient (Wildman–Crippen LogP) is 4.88. The van der Waals surface area contributed by atoms with E-state index in [1.165, 1.54) is 52.3 Å². The van der Waals surface area contributed by atoms with Crippen LogP contribution in [0.4, 0.5) is 9.59 Å². The Morgan fingerprint density at radius 2 is 1.89 bits per heavy atom. The molecule has 6 rings (SSSR count). The van der Waals surface area contributed by atoms with Crippen LogP contribution < -0.4 is 20.9 Å². The first-order valence-electron chi connectivity index (χ1n) is 16.4. The van der Waals surface area contributed by atoms with E-state index in [4.69, 9.17) is 32.7 Å². The van der Waals surface area contributed by atoms with Crippen molar-refractivity contribution in [1.29, 1.82) is 0 Å². The van der Waals surface area contributed by atoms with Gasteiger partial charge in [-0.05, 0) is 61.7 Å². The van der Waals surface area contributed by atoms with Crippen LogP contribution in [0.1, 0.15) is 18.7 Å². The highest BCUT2D eigenvalue weighted by Crippen LogP contribution is 2.40. The van der Waals surface area contributed by atoms with Gasteiger partial charge in [0.15, 0.2) is 0 Å². The Kier molecular flexibility index (Phi) is 11.8. The minimum Gasteiger partial charge on any atom is -0.477 e. The summed E-state index contributed by atoms with van der Waals surface area (Å²) >= 11 is 15.0. The molecule has 0 spiro atoms. The molecule has 0 bridgehead atoms. The molecule has 2 aliphatic rings. The summed E-state index contributed by atoms with van der Waals surface area (Å²) in [5, 5.41) is 17.4. The normalized spacial score (nSPS) is 17.0. The molecular weight excluding hydrogens is 783 g/mol. The second kappa shape index (κ2) is 16.5. The molecule has 2 aliphatic heterocycles. The number of hydrogen-bond donors (Lipinski definition) is 4. The minimum absolute atomic E-state index is 0.0590. The number of thioether (sulfide) groups is 1. The molecule has 15 nitrogen and oxygen atoms in total.